The molecule has 1 saturated heterocycles. The summed E-state index contributed by atoms with van der Waals surface area (Å²) in [4.78, 5) is 4.21. The SMILES string of the molecule is CCCC1(c2c(C#N)c(F)c3cnc(N[C@@H]4CCOC[C@H]4O)nn23)CCC1. The molecule has 0 spiro atoms. The van der Waals surface area contributed by atoms with Crippen LogP contribution in [0.3, 0.4) is 0 Å². The normalized spacial score (nSPS) is 24.4. The van der Waals surface area contributed by atoms with Crippen molar-refractivity contribution in [1.82, 2.24) is 14.6 Å². The summed E-state index contributed by atoms with van der Waals surface area (Å²) in [6, 6.07) is 1.83. The van der Waals surface area contributed by atoms with E-state index in [4.69, 9.17) is 4.74 Å². The van der Waals surface area contributed by atoms with Crippen molar-refractivity contribution in [3.63, 3.8) is 0 Å². The van der Waals surface area contributed by atoms with Crippen LogP contribution in [0.15, 0.2) is 6.20 Å². The number of fused-ring (bicyclic) bond motifs is 1. The Morgan fingerprint density at radius 1 is 1.52 bits per heavy atom. The third-order valence-electron chi connectivity index (χ3n) is 5.92. The number of hydrogen-bond acceptors (Lipinski definition) is 6. The van der Waals surface area contributed by atoms with Gasteiger partial charge in [-0.25, -0.2) is 13.9 Å². The summed E-state index contributed by atoms with van der Waals surface area (Å²) in [6.45, 7) is 2.92. The van der Waals surface area contributed by atoms with E-state index in [0.29, 0.717) is 24.7 Å². The Morgan fingerprint density at radius 3 is 2.96 bits per heavy atom. The highest BCUT2D eigenvalue weighted by Gasteiger charge is 2.43. The molecule has 2 aliphatic rings. The van der Waals surface area contributed by atoms with E-state index >= 15 is 0 Å². The molecule has 4 rings (SSSR count). The number of rotatable bonds is 5. The molecule has 2 fully saturated rings. The van der Waals surface area contributed by atoms with E-state index in [2.05, 4.69) is 28.4 Å². The van der Waals surface area contributed by atoms with Crippen molar-refractivity contribution in [1.29, 1.82) is 5.26 Å². The summed E-state index contributed by atoms with van der Waals surface area (Å²) in [6.07, 6.45) is 6.22. The smallest absolute Gasteiger partial charge is 0.241 e. The molecule has 0 radical (unpaired) electrons. The highest BCUT2D eigenvalue weighted by atomic mass is 19.1. The zero-order chi connectivity index (χ0) is 19.0. The lowest BCUT2D eigenvalue weighted by Crippen LogP contribution is -2.42. The summed E-state index contributed by atoms with van der Waals surface area (Å²) in [5, 5.41) is 27.3. The van der Waals surface area contributed by atoms with Crippen molar-refractivity contribution in [3.05, 3.63) is 23.3 Å². The van der Waals surface area contributed by atoms with Gasteiger partial charge in [-0.1, -0.05) is 19.8 Å². The molecule has 0 bridgehead atoms. The third kappa shape index (κ3) is 2.95. The molecular formula is C19H24FN5O2. The Balaban J connectivity index is 1.78. The van der Waals surface area contributed by atoms with Gasteiger partial charge in [0.1, 0.15) is 17.1 Å². The largest absolute Gasteiger partial charge is 0.389 e. The number of halogens is 1. The number of hydrogen-bond donors (Lipinski definition) is 2. The number of nitrogens with zero attached hydrogens (tertiary/aromatic N) is 4. The maximum atomic E-state index is 14.9. The van der Waals surface area contributed by atoms with E-state index < -0.39 is 11.9 Å². The fraction of sp³-hybridized carbons (Fsp3) is 0.632. The Kier molecular flexibility index (Phi) is 4.74. The molecule has 0 amide bonds. The molecule has 0 unspecified atom stereocenters. The molecule has 1 aliphatic carbocycles. The average Bonchev–Trinajstić information content (AvgIpc) is 2.92. The van der Waals surface area contributed by atoms with E-state index in [-0.39, 0.29) is 29.1 Å². The van der Waals surface area contributed by atoms with Gasteiger partial charge in [-0.3, -0.25) is 0 Å². The first-order chi connectivity index (χ1) is 13.1. The molecule has 8 heteroatoms. The first kappa shape index (κ1) is 18.1. The summed E-state index contributed by atoms with van der Waals surface area (Å²) in [5.74, 6) is -0.229. The van der Waals surface area contributed by atoms with Crippen LogP contribution in [0.4, 0.5) is 10.3 Å². The topological polar surface area (TPSA) is 95.5 Å². The molecule has 144 valence electrons. The second-order valence-corrected chi connectivity index (χ2v) is 7.59. The number of nitrogens with one attached hydrogen (secondary N) is 1. The van der Waals surface area contributed by atoms with Crippen LogP contribution in [0.25, 0.3) is 5.52 Å². The van der Waals surface area contributed by atoms with Crippen molar-refractivity contribution in [3.8, 4) is 6.07 Å². The highest BCUT2D eigenvalue weighted by molar-refractivity contribution is 5.60. The van der Waals surface area contributed by atoms with Gasteiger partial charge in [0.2, 0.25) is 5.95 Å². The first-order valence-corrected chi connectivity index (χ1v) is 9.60. The van der Waals surface area contributed by atoms with Gasteiger partial charge in [-0.15, -0.1) is 5.10 Å². The summed E-state index contributed by atoms with van der Waals surface area (Å²) < 4.78 is 21.7. The Hall–Kier alpha value is -2.24. The van der Waals surface area contributed by atoms with Gasteiger partial charge in [-0.2, -0.15) is 5.26 Å². The van der Waals surface area contributed by atoms with Crippen LogP contribution in [0.1, 0.15) is 56.7 Å². The standard InChI is InChI=1S/C19H24FN5O2/c1-2-5-19(6-3-7-19)17-12(9-21)16(20)14-10-22-18(24-25(14)17)23-13-4-8-27-11-15(13)26/h10,13,15,26H,2-8,11H2,1H3,(H,23,24)/t13-,15-/m1/s1. The number of aromatic nitrogens is 3. The van der Waals surface area contributed by atoms with Crippen LogP contribution >= 0.6 is 0 Å². The second-order valence-electron chi connectivity index (χ2n) is 7.59. The zero-order valence-corrected chi connectivity index (χ0v) is 15.4. The maximum absolute atomic E-state index is 14.9. The van der Waals surface area contributed by atoms with Crippen LogP contribution in [0, 0.1) is 17.1 Å². The summed E-state index contributed by atoms with van der Waals surface area (Å²) in [5.41, 5.74) is 0.781. The van der Waals surface area contributed by atoms with E-state index in [9.17, 15) is 14.8 Å². The molecule has 3 heterocycles. The molecule has 2 atom stereocenters. The predicted molar refractivity (Wildman–Crippen MR) is 97.0 cm³/mol. The van der Waals surface area contributed by atoms with Crippen LogP contribution in [-0.2, 0) is 10.2 Å². The first-order valence-electron chi connectivity index (χ1n) is 9.60. The summed E-state index contributed by atoms with van der Waals surface area (Å²) >= 11 is 0. The summed E-state index contributed by atoms with van der Waals surface area (Å²) in [7, 11) is 0. The molecule has 27 heavy (non-hydrogen) atoms. The fourth-order valence-electron chi connectivity index (χ4n) is 4.41. The number of aliphatic hydroxyl groups is 1. The van der Waals surface area contributed by atoms with Crippen molar-refractivity contribution in [2.45, 2.75) is 63.0 Å². The van der Waals surface area contributed by atoms with Crippen LogP contribution in [0.2, 0.25) is 0 Å². The van der Waals surface area contributed by atoms with Gasteiger partial charge in [0.25, 0.3) is 0 Å². The van der Waals surface area contributed by atoms with Crippen molar-refractivity contribution < 1.29 is 14.2 Å². The molecule has 0 aromatic carbocycles. The van der Waals surface area contributed by atoms with Gasteiger partial charge in [0.05, 0.1) is 30.6 Å². The highest BCUT2D eigenvalue weighted by Crippen LogP contribution is 2.49. The quantitative estimate of drug-likeness (QED) is 0.836. The monoisotopic (exact) mass is 373 g/mol. The van der Waals surface area contributed by atoms with Gasteiger partial charge in [0, 0.05) is 12.0 Å². The molecule has 1 aliphatic heterocycles. The van der Waals surface area contributed by atoms with E-state index in [1.54, 1.807) is 4.52 Å². The molecule has 1 saturated carbocycles. The second kappa shape index (κ2) is 7.06. The number of anilines is 1. The lowest BCUT2D eigenvalue weighted by Gasteiger charge is -2.41. The van der Waals surface area contributed by atoms with Gasteiger partial charge in [0.15, 0.2) is 5.82 Å². The van der Waals surface area contributed by atoms with Crippen LogP contribution < -0.4 is 5.32 Å². The fourth-order valence-corrected chi connectivity index (χ4v) is 4.41. The minimum Gasteiger partial charge on any atom is -0.389 e. The minimum absolute atomic E-state index is 0.0840. The number of nitriles is 1. The van der Waals surface area contributed by atoms with E-state index in [1.807, 2.05) is 0 Å². The third-order valence-corrected chi connectivity index (χ3v) is 5.92. The average molecular weight is 373 g/mol. The Labute approximate surface area is 157 Å². The van der Waals surface area contributed by atoms with Crippen molar-refractivity contribution >= 4 is 11.5 Å². The lowest BCUT2D eigenvalue weighted by molar-refractivity contribution is -0.0136. The van der Waals surface area contributed by atoms with E-state index in [1.165, 1.54) is 6.20 Å². The van der Waals surface area contributed by atoms with Crippen LogP contribution in [0.5, 0.6) is 0 Å². The molecule has 7 nitrogen and oxygen atoms in total. The lowest BCUT2D eigenvalue weighted by atomic mass is 9.63. The molecule has 2 aromatic rings. The van der Waals surface area contributed by atoms with E-state index in [0.717, 1.165) is 32.1 Å². The number of aliphatic hydroxyl groups excluding tert-OH is 1. The molecule has 2 aromatic heterocycles. The van der Waals surface area contributed by atoms with Gasteiger partial charge < -0.3 is 15.2 Å². The minimum atomic E-state index is -0.647. The molecule has 2 N–H and O–H groups in total. The van der Waals surface area contributed by atoms with Crippen LogP contribution in [-0.4, -0.2) is 45.1 Å². The zero-order valence-electron chi connectivity index (χ0n) is 15.4. The van der Waals surface area contributed by atoms with Gasteiger partial charge >= 0.3 is 0 Å². The number of ether oxygens (including phenoxy) is 1. The van der Waals surface area contributed by atoms with Crippen molar-refractivity contribution in [2.75, 3.05) is 18.5 Å². The van der Waals surface area contributed by atoms with Gasteiger partial charge in [-0.05, 0) is 25.7 Å². The predicted octanol–water partition coefficient (Wildman–Crippen LogP) is 2.52. The Bertz CT molecular complexity index is 886. The molecular weight excluding hydrogens is 349 g/mol. The Morgan fingerprint density at radius 2 is 2.33 bits per heavy atom. The maximum Gasteiger partial charge on any atom is 0.241 e. The van der Waals surface area contributed by atoms with Crippen molar-refractivity contribution in [2.24, 2.45) is 0 Å².